The molecular weight excluding hydrogens is 482 g/mol. The monoisotopic (exact) mass is 550 g/mol. The first-order valence-corrected chi connectivity index (χ1v) is 17.1. The summed E-state index contributed by atoms with van der Waals surface area (Å²) < 4.78 is 0. The van der Waals surface area contributed by atoms with Crippen molar-refractivity contribution in [2.24, 2.45) is 0 Å². The van der Waals surface area contributed by atoms with Gasteiger partial charge in [-0.25, -0.2) is 0 Å². The highest BCUT2D eigenvalue weighted by Crippen LogP contribution is 2.12. The van der Waals surface area contributed by atoms with Crippen LogP contribution in [0.2, 0.25) is 0 Å². The highest BCUT2D eigenvalue weighted by molar-refractivity contribution is 5.76. The third-order valence-corrected chi connectivity index (χ3v) is 7.68. The highest BCUT2D eigenvalue weighted by Gasteiger charge is 2.17. The molecule has 0 heterocycles. The Hall–Kier alpha value is -1.13. The predicted octanol–water partition coefficient (Wildman–Crippen LogP) is 9.73. The number of aliphatic hydroxyl groups excluding tert-OH is 2. The molecule has 0 bridgehead atoms. The summed E-state index contributed by atoms with van der Waals surface area (Å²) in [6.07, 6.45) is 38.2. The van der Waals surface area contributed by atoms with Gasteiger partial charge in [0.2, 0.25) is 5.91 Å². The Morgan fingerprint density at radius 3 is 1.41 bits per heavy atom. The van der Waals surface area contributed by atoms with Crippen LogP contribution in [-0.2, 0) is 4.79 Å². The smallest absolute Gasteiger partial charge is 0.220 e. The van der Waals surface area contributed by atoms with Gasteiger partial charge < -0.3 is 15.5 Å². The number of rotatable bonds is 30. The molecule has 0 spiro atoms. The summed E-state index contributed by atoms with van der Waals surface area (Å²) in [5, 5.41) is 22.8. The molecular formula is C35H67NO3. The summed E-state index contributed by atoms with van der Waals surface area (Å²) in [5.74, 6) is -0.0752. The molecule has 0 fully saturated rings. The number of allylic oxidation sites excluding steroid dienone is 3. The van der Waals surface area contributed by atoms with Crippen LogP contribution in [0, 0.1) is 0 Å². The van der Waals surface area contributed by atoms with E-state index >= 15 is 0 Å². The minimum absolute atomic E-state index is 0.0752. The molecule has 3 N–H and O–H groups in total. The van der Waals surface area contributed by atoms with E-state index < -0.39 is 12.1 Å². The van der Waals surface area contributed by atoms with Crippen molar-refractivity contribution in [3.05, 3.63) is 24.3 Å². The molecule has 4 heteroatoms. The lowest BCUT2D eigenvalue weighted by atomic mass is 10.1. The zero-order valence-electron chi connectivity index (χ0n) is 26.2. The van der Waals surface area contributed by atoms with Crippen LogP contribution < -0.4 is 5.32 Å². The van der Waals surface area contributed by atoms with Gasteiger partial charge in [0.15, 0.2) is 0 Å². The molecule has 0 radical (unpaired) electrons. The Morgan fingerprint density at radius 1 is 0.590 bits per heavy atom. The van der Waals surface area contributed by atoms with Crippen LogP contribution in [0.15, 0.2) is 24.3 Å². The number of carbonyl (C=O) groups excluding carboxylic acids is 1. The second-order valence-corrected chi connectivity index (χ2v) is 11.6. The van der Waals surface area contributed by atoms with Crippen molar-refractivity contribution < 1.29 is 15.0 Å². The summed E-state index contributed by atoms with van der Waals surface area (Å²) >= 11 is 0. The average Bonchev–Trinajstić information content (AvgIpc) is 2.94. The van der Waals surface area contributed by atoms with Gasteiger partial charge in [-0.3, -0.25) is 4.79 Å². The van der Waals surface area contributed by atoms with Crippen molar-refractivity contribution in [2.45, 2.75) is 187 Å². The largest absolute Gasteiger partial charge is 0.394 e. The molecule has 0 aromatic heterocycles. The fourth-order valence-corrected chi connectivity index (χ4v) is 4.99. The van der Waals surface area contributed by atoms with E-state index in [9.17, 15) is 15.0 Å². The Kier molecular flexibility index (Phi) is 30.5. The minimum Gasteiger partial charge on any atom is -0.394 e. The maximum Gasteiger partial charge on any atom is 0.220 e. The van der Waals surface area contributed by atoms with Gasteiger partial charge in [0, 0.05) is 6.42 Å². The van der Waals surface area contributed by atoms with E-state index in [1.165, 1.54) is 122 Å². The number of hydrogen-bond acceptors (Lipinski definition) is 3. The van der Waals surface area contributed by atoms with Crippen LogP contribution in [0.4, 0.5) is 0 Å². The Balaban J connectivity index is 3.65. The summed E-state index contributed by atoms with van der Waals surface area (Å²) in [5.41, 5.74) is 0. The molecule has 230 valence electrons. The summed E-state index contributed by atoms with van der Waals surface area (Å²) in [7, 11) is 0. The molecule has 0 saturated carbocycles. The van der Waals surface area contributed by atoms with Gasteiger partial charge in [0.05, 0.1) is 18.8 Å². The van der Waals surface area contributed by atoms with Crippen LogP contribution in [-0.4, -0.2) is 34.9 Å². The fraction of sp³-hybridized carbons (Fsp3) is 0.857. The van der Waals surface area contributed by atoms with E-state index in [-0.39, 0.29) is 12.5 Å². The number of carbonyl (C=O) groups is 1. The SMILES string of the molecule is CCCCCCCCC/C=C\CCCCCCCC(=O)NC(CO)C(O)/C=C/CCCCCCCCCCC. The van der Waals surface area contributed by atoms with E-state index in [1.807, 2.05) is 6.08 Å². The maximum atomic E-state index is 12.3. The minimum atomic E-state index is -0.837. The van der Waals surface area contributed by atoms with E-state index in [4.69, 9.17) is 0 Å². The summed E-state index contributed by atoms with van der Waals surface area (Å²) in [6.45, 7) is 4.27. The van der Waals surface area contributed by atoms with Crippen LogP contribution in [0.25, 0.3) is 0 Å². The number of nitrogens with one attached hydrogen (secondary N) is 1. The first-order chi connectivity index (χ1) is 19.2. The van der Waals surface area contributed by atoms with Crippen molar-refractivity contribution in [3.8, 4) is 0 Å². The molecule has 0 saturated heterocycles. The Labute approximate surface area is 243 Å². The van der Waals surface area contributed by atoms with E-state index in [1.54, 1.807) is 6.08 Å². The van der Waals surface area contributed by atoms with Crippen molar-refractivity contribution in [1.29, 1.82) is 0 Å². The molecule has 0 aromatic rings. The van der Waals surface area contributed by atoms with Crippen molar-refractivity contribution >= 4 is 5.91 Å². The lowest BCUT2D eigenvalue weighted by molar-refractivity contribution is -0.123. The van der Waals surface area contributed by atoms with Crippen LogP contribution in [0.1, 0.15) is 174 Å². The number of unbranched alkanes of at least 4 members (excludes halogenated alkanes) is 21. The standard InChI is InChI=1S/C35H67NO3/c1-3-5-7-9-11-13-15-16-17-18-19-21-23-25-27-29-31-35(39)36-33(32-37)34(38)30-28-26-24-22-20-14-12-10-8-6-4-2/h17-18,28,30,33-34,37-38H,3-16,19-27,29,31-32H2,1-2H3,(H,36,39)/b18-17-,30-28+. The van der Waals surface area contributed by atoms with Gasteiger partial charge in [-0.15, -0.1) is 0 Å². The predicted molar refractivity (Wildman–Crippen MR) is 170 cm³/mol. The molecule has 4 nitrogen and oxygen atoms in total. The van der Waals surface area contributed by atoms with Crippen LogP contribution >= 0.6 is 0 Å². The van der Waals surface area contributed by atoms with Gasteiger partial charge in [-0.2, -0.15) is 0 Å². The summed E-state index contributed by atoms with van der Waals surface area (Å²) in [4.78, 5) is 12.3. The molecule has 0 aliphatic carbocycles. The average molecular weight is 550 g/mol. The Bertz CT molecular complexity index is 560. The topological polar surface area (TPSA) is 69.6 Å². The normalized spacial score (nSPS) is 13.4. The first-order valence-electron chi connectivity index (χ1n) is 17.1. The van der Waals surface area contributed by atoms with E-state index in [0.717, 1.165) is 32.1 Å². The zero-order valence-corrected chi connectivity index (χ0v) is 26.2. The van der Waals surface area contributed by atoms with Crippen molar-refractivity contribution in [1.82, 2.24) is 5.32 Å². The second kappa shape index (κ2) is 31.4. The lowest BCUT2D eigenvalue weighted by Gasteiger charge is -2.20. The molecule has 0 aliphatic heterocycles. The second-order valence-electron chi connectivity index (χ2n) is 11.6. The quantitative estimate of drug-likeness (QED) is 0.0617. The molecule has 0 rings (SSSR count). The molecule has 0 aromatic carbocycles. The molecule has 39 heavy (non-hydrogen) atoms. The van der Waals surface area contributed by atoms with E-state index in [0.29, 0.717) is 6.42 Å². The lowest BCUT2D eigenvalue weighted by Crippen LogP contribution is -2.45. The Morgan fingerprint density at radius 2 is 0.974 bits per heavy atom. The maximum absolute atomic E-state index is 12.3. The van der Waals surface area contributed by atoms with Crippen molar-refractivity contribution in [2.75, 3.05) is 6.61 Å². The number of amides is 1. The van der Waals surface area contributed by atoms with Crippen LogP contribution in [0.5, 0.6) is 0 Å². The third kappa shape index (κ3) is 28.2. The van der Waals surface area contributed by atoms with Gasteiger partial charge in [-0.05, 0) is 44.9 Å². The molecule has 2 atom stereocenters. The number of aliphatic hydroxyl groups is 2. The molecule has 1 amide bonds. The zero-order chi connectivity index (χ0) is 28.7. The molecule has 2 unspecified atom stereocenters. The fourth-order valence-electron chi connectivity index (χ4n) is 4.99. The summed E-state index contributed by atoms with van der Waals surface area (Å²) in [6, 6.07) is -0.621. The third-order valence-electron chi connectivity index (χ3n) is 7.68. The van der Waals surface area contributed by atoms with Gasteiger partial charge in [0.1, 0.15) is 0 Å². The van der Waals surface area contributed by atoms with Crippen LogP contribution in [0.3, 0.4) is 0 Å². The molecule has 0 aliphatic rings. The van der Waals surface area contributed by atoms with Gasteiger partial charge in [0.25, 0.3) is 0 Å². The first kappa shape index (κ1) is 37.9. The van der Waals surface area contributed by atoms with Crippen molar-refractivity contribution in [3.63, 3.8) is 0 Å². The van der Waals surface area contributed by atoms with Gasteiger partial charge >= 0.3 is 0 Å². The van der Waals surface area contributed by atoms with Gasteiger partial charge in [-0.1, -0.05) is 147 Å². The highest BCUT2D eigenvalue weighted by atomic mass is 16.3. The number of hydrogen-bond donors (Lipinski definition) is 3. The van der Waals surface area contributed by atoms with E-state index in [2.05, 4.69) is 31.3 Å².